The van der Waals surface area contributed by atoms with Crippen LogP contribution in [0.3, 0.4) is 0 Å². The van der Waals surface area contributed by atoms with Crippen LogP contribution in [0.1, 0.15) is 11.3 Å². The van der Waals surface area contributed by atoms with E-state index in [0.717, 1.165) is 16.9 Å². The molecular formula is C18H15FN2OS. The summed E-state index contributed by atoms with van der Waals surface area (Å²) >= 11 is 1.43. The van der Waals surface area contributed by atoms with E-state index in [1.807, 2.05) is 42.6 Å². The fourth-order valence-corrected chi connectivity index (χ4v) is 3.08. The average molecular weight is 326 g/mol. The summed E-state index contributed by atoms with van der Waals surface area (Å²) in [6, 6.07) is 15.4. The number of anilines is 2. The Morgan fingerprint density at radius 2 is 1.83 bits per heavy atom. The van der Waals surface area contributed by atoms with E-state index in [2.05, 4.69) is 4.98 Å². The van der Waals surface area contributed by atoms with Crippen LogP contribution in [0.5, 0.6) is 0 Å². The second-order valence-corrected chi connectivity index (χ2v) is 5.98. The van der Waals surface area contributed by atoms with Crippen LogP contribution in [0.25, 0.3) is 0 Å². The number of thiazole rings is 1. The Morgan fingerprint density at radius 3 is 2.43 bits per heavy atom. The summed E-state index contributed by atoms with van der Waals surface area (Å²) in [4.78, 5) is 18.8. The molecule has 23 heavy (non-hydrogen) atoms. The van der Waals surface area contributed by atoms with E-state index in [1.165, 1.54) is 23.5 Å². The second kappa shape index (κ2) is 6.71. The normalized spacial score (nSPS) is 10.5. The van der Waals surface area contributed by atoms with Crippen LogP contribution in [0, 0.1) is 12.7 Å². The molecular weight excluding hydrogens is 311 g/mol. The number of rotatable bonds is 4. The molecule has 0 unspecified atom stereocenters. The lowest BCUT2D eigenvalue weighted by molar-refractivity contribution is -0.117. The van der Waals surface area contributed by atoms with E-state index in [-0.39, 0.29) is 18.1 Å². The van der Waals surface area contributed by atoms with Crippen molar-refractivity contribution in [1.82, 2.24) is 4.98 Å². The minimum Gasteiger partial charge on any atom is -0.274 e. The Bertz CT molecular complexity index is 799. The highest BCUT2D eigenvalue weighted by atomic mass is 32.1. The molecule has 0 aliphatic heterocycles. The van der Waals surface area contributed by atoms with Crippen molar-refractivity contribution < 1.29 is 9.18 Å². The number of halogens is 1. The number of hydrogen-bond donors (Lipinski definition) is 0. The van der Waals surface area contributed by atoms with E-state index in [4.69, 9.17) is 0 Å². The minimum atomic E-state index is -0.309. The van der Waals surface area contributed by atoms with Crippen molar-refractivity contribution in [3.63, 3.8) is 0 Å². The highest BCUT2D eigenvalue weighted by Gasteiger charge is 2.20. The van der Waals surface area contributed by atoms with Crippen LogP contribution in [0.2, 0.25) is 0 Å². The van der Waals surface area contributed by atoms with E-state index in [0.29, 0.717) is 5.13 Å². The van der Waals surface area contributed by atoms with E-state index in [9.17, 15) is 9.18 Å². The molecule has 1 heterocycles. The van der Waals surface area contributed by atoms with Crippen molar-refractivity contribution >= 4 is 28.1 Å². The molecule has 5 heteroatoms. The molecule has 0 atom stereocenters. The number of nitrogens with zero attached hydrogens (tertiary/aromatic N) is 2. The monoisotopic (exact) mass is 326 g/mol. The summed E-state index contributed by atoms with van der Waals surface area (Å²) in [5, 5.41) is 2.55. The number of para-hydroxylation sites is 1. The first-order valence-electron chi connectivity index (χ1n) is 7.18. The van der Waals surface area contributed by atoms with Crippen LogP contribution < -0.4 is 4.90 Å². The molecule has 1 amide bonds. The fourth-order valence-electron chi connectivity index (χ4n) is 2.24. The van der Waals surface area contributed by atoms with Gasteiger partial charge in [0.15, 0.2) is 5.13 Å². The lowest BCUT2D eigenvalue weighted by Crippen LogP contribution is -2.27. The molecule has 0 spiro atoms. The maximum Gasteiger partial charge on any atom is 0.237 e. The van der Waals surface area contributed by atoms with Gasteiger partial charge in [-0.3, -0.25) is 9.69 Å². The van der Waals surface area contributed by atoms with Crippen molar-refractivity contribution in [1.29, 1.82) is 0 Å². The van der Waals surface area contributed by atoms with Crippen LogP contribution >= 0.6 is 11.3 Å². The molecule has 116 valence electrons. The quantitative estimate of drug-likeness (QED) is 0.707. The molecule has 3 nitrogen and oxygen atoms in total. The lowest BCUT2D eigenvalue weighted by atomic mass is 10.1. The van der Waals surface area contributed by atoms with Crippen molar-refractivity contribution in [3.8, 4) is 0 Å². The summed E-state index contributed by atoms with van der Waals surface area (Å²) in [7, 11) is 0. The highest BCUT2D eigenvalue weighted by Crippen LogP contribution is 2.29. The van der Waals surface area contributed by atoms with Gasteiger partial charge in [0, 0.05) is 5.38 Å². The molecule has 0 N–H and O–H groups in total. The Balaban J connectivity index is 1.91. The van der Waals surface area contributed by atoms with Crippen LogP contribution in [-0.2, 0) is 11.2 Å². The number of aryl methyl sites for hydroxylation is 1. The number of aromatic nitrogens is 1. The first kappa shape index (κ1) is 15.4. The topological polar surface area (TPSA) is 33.2 Å². The minimum absolute atomic E-state index is 0.0999. The molecule has 0 radical (unpaired) electrons. The van der Waals surface area contributed by atoms with Gasteiger partial charge in [0.2, 0.25) is 5.91 Å². The zero-order valence-corrected chi connectivity index (χ0v) is 13.4. The molecule has 0 aliphatic carbocycles. The maximum absolute atomic E-state index is 13.0. The van der Waals surface area contributed by atoms with Crippen molar-refractivity contribution in [2.24, 2.45) is 0 Å². The molecule has 3 rings (SSSR count). The summed E-state index contributed by atoms with van der Waals surface area (Å²) in [6.45, 7) is 1.90. The zero-order chi connectivity index (χ0) is 16.2. The molecule has 0 saturated heterocycles. The predicted molar refractivity (Wildman–Crippen MR) is 90.5 cm³/mol. The van der Waals surface area contributed by atoms with Crippen LogP contribution in [0.15, 0.2) is 60.0 Å². The zero-order valence-electron chi connectivity index (χ0n) is 12.6. The van der Waals surface area contributed by atoms with Crippen molar-refractivity contribution in [2.45, 2.75) is 13.3 Å². The third-order valence-corrected chi connectivity index (χ3v) is 4.27. The van der Waals surface area contributed by atoms with E-state index < -0.39 is 0 Å². The number of carbonyl (C=O) groups excluding carboxylic acids is 1. The Kier molecular flexibility index (Phi) is 4.48. The summed E-state index contributed by atoms with van der Waals surface area (Å²) < 4.78 is 13.0. The summed E-state index contributed by atoms with van der Waals surface area (Å²) in [5.74, 6) is -0.408. The molecule has 0 aliphatic rings. The summed E-state index contributed by atoms with van der Waals surface area (Å²) in [6.07, 6.45) is 0.188. The van der Waals surface area contributed by atoms with Crippen LogP contribution in [-0.4, -0.2) is 10.9 Å². The summed E-state index contributed by atoms with van der Waals surface area (Å²) in [5.41, 5.74) is 2.42. The number of amides is 1. The standard InChI is InChI=1S/C18H15FN2OS/c1-13-12-23-18(20-13)21(16-5-3-2-4-6-16)17(22)11-14-7-9-15(19)10-8-14/h2-10,12H,11H2,1H3. The van der Waals surface area contributed by atoms with Gasteiger partial charge in [0.25, 0.3) is 0 Å². The molecule has 0 bridgehead atoms. The SMILES string of the molecule is Cc1csc(N(C(=O)Cc2ccc(F)cc2)c2ccccc2)n1. The van der Waals surface area contributed by atoms with Gasteiger partial charge in [-0.15, -0.1) is 11.3 Å². The first-order chi connectivity index (χ1) is 11.1. The van der Waals surface area contributed by atoms with Gasteiger partial charge in [0.1, 0.15) is 5.82 Å². The van der Waals surface area contributed by atoms with Crippen molar-refractivity contribution in [2.75, 3.05) is 4.90 Å². The lowest BCUT2D eigenvalue weighted by Gasteiger charge is -2.20. The van der Waals surface area contributed by atoms with Gasteiger partial charge < -0.3 is 0 Å². The average Bonchev–Trinajstić information content (AvgIpc) is 2.97. The Labute approximate surface area is 138 Å². The van der Waals surface area contributed by atoms with Crippen molar-refractivity contribution in [3.05, 3.63) is 77.1 Å². The third kappa shape index (κ3) is 3.63. The molecule has 0 saturated carbocycles. The van der Waals surface area contributed by atoms with E-state index in [1.54, 1.807) is 17.0 Å². The van der Waals surface area contributed by atoms with E-state index >= 15 is 0 Å². The molecule has 3 aromatic rings. The van der Waals surface area contributed by atoms with Gasteiger partial charge in [-0.1, -0.05) is 30.3 Å². The Hall–Kier alpha value is -2.53. The van der Waals surface area contributed by atoms with Gasteiger partial charge in [-0.2, -0.15) is 0 Å². The van der Waals surface area contributed by atoms with Gasteiger partial charge in [0.05, 0.1) is 17.8 Å². The fraction of sp³-hybridized carbons (Fsp3) is 0.111. The third-order valence-electron chi connectivity index (χ3n) is 3.33. The number of carbonyl (C=O) groups is 1. The second-order valence-electron chi connectivity index (χ2n) is 5.14. The van der Waals surface area contributed by atoms with Gasteiger partial charge >= 0.3 is 0 Å². The predicted octanol–water partition coefficient (Wildman–Crippen LogP) is 4.50. The van der Waals surface area contributed by atoms with Gasteiger partial charge in [-0.25, -0.2) is 9.37 Å². The first-order valence-corrected chi connectivity index (χ1v) is 8.06. The molecule has 1 aromatic heterocycles. The molecule has 2 aromatic carbocycles. The van der Waals surface area contributed by atoms with Crippen LogP contribution in [0.4, 0.5) is 15.2 Å². The number of hydrogen-bond acceptors (Lipinski definition) is 3. The largest absolute Gasteiger partial charge is 0.274 e. The molecule has 0 fully saturated rings. The smallest absolute Gasteiger partial charge is 0.237 e. The highest BCUT2D eigenvalue weighted by molar-refractivity contribution is 7.14. The maximum atomic E-state index is 13.0. The Morgan fingerprint density at radius 1 is 1.13 bits per heavy atom. The van der Waals surface area contributed by atoms with Gasteiger partial charge in [-0.05, 0) is 36.8 Å². The number of benzene rings is 2.